The molecule has 0 spiro atoms. The van der Waals surface area contributed by atoms with Crippen LogP contribution in [0.5, 0.6) is 0 Å². The number of aromatic nitrogens is 1. The largest absolute Gasteiger partial charge is 0.351 e. The van der Waals surface area contributed by atoms with Gasteiger partial charge in [-0.05, 0) is 63.6 Å². The van der Waals surface area contributed by atoms with Crippen LogP contribution in [0.25, 0.3) is 5.69 Å². The Morgan fingerprint density at radius 2 is 1.60 bits per heavy atom. The van der Waals surface area contributed by atoms with E-state index in [9.17, 15) is 13.2 Å². The highest BCUT2D eigenvalue weighted by molar-refractivity contribution is 7.89. The number of benzene rings is 2. The lowest BCUT2D eigenvalue weighted by Gasteiger charge is -2.11. The lowest BCUT2D eigenvalue weighted by Crippen LogP contribution is -2.34. The highest BCUT2D eigenvalue weighted by atomic mass is 32.2. The summed E-state index contributed by atoms with van der Waals surface area (Å²) in [6, 6.07) is 16.6. The second-order valence-electron chi connectivity index (χ2n) is 7.43. The van der Waals surface area contributed by atoms with Crippen LogP contribution in [0.3, 0.4) is 0 Å². The molecule has 0 atom stereocenters. The third-order valence-corrected chi connectivity index (χ3v) is 6.45. The Hall–Kier alpha value is -2.90. The Balaban J connectivity index is 1.63. The van der Waals surface area contributed by atoms with Gasteiger partial charge in [-0.15, -0.1) is 0 Å². The SMILES string of the molecule is Cc1ccc(S(=O)(=O)NCCNC(=O)c2cc(C)n(-c3cccc(C)c3)c2C)cc1. The third-order valence-electron chi connectivity index (χ3n) is 4.97. The molecule has 7 heteroatoms. The van der Waals surface area contributed by atoms with Gasteiger partial charge in [-0.1, -0.05) is 29.8 Å². The van der Waals surface area contributed by atoms with Crippen LogP contribution in [0.1, 0.15) is 32.9 Å². The van der Waals surface area contributed by atoms with Gasteiger partial charge in [0.25, 0.3) is 5.91 Å². The number of nitrogens with zero attached hydrogens (tertiary/aromatic N) is 1. The second kappa shape index (κ2) is 8.85. The maximum atomic E-state index is 12.7. The van der Waals surface area contributed by atoms with Crippen LogP contribution in [0.2, 0.25) is 0 Å². The molecule has 6 nitrogen and oxygen atoms in total. The van der Waals surface area contributed by atoms with E-state index in [2.05, 4.69) is 16.1 Å². The number of hydrogen-bond acceptors (Lipinski definition) is 3. The molecule has 3 aromatic rings. The first kappa shape index (κ1) is 21.8. The van der Waals surface area contributed by atoms with Gasteiger partial charge in [0.05, 0.1) is 10.5 Å². The van der Waals surface area contributed by atoms with E-state index in [-0.39, 0.29) is 23.9 Å². The van der Waals surface area contributed by atoms with E-state index in [1.54, 1.807) is 24.3 Å². The van der Waals surface area contributed by atoms with Crippen molar-refractivity contribution in [2.24, 2.45) is 0 Å². The van der Waals surface area contributed by atoms with E-state index >= 15 is 0 Å². The van der Waals surface area contributed by atoms with E-state index in [0.717, 1.165) is 28.2 Å². The lowest BCUT2D eigenvalue weighted by molar-refractivity contribution is 0.0953. The minimum absolute atomic E-state index is 0.110. The Kier molecular flexibility index (Phi) is 6.43. The molecule has 3 rings (SSSR count). The summed E-state index contributed by atoms with van der Waals surface area (Å²) >= 11 is 0. The molecule has 0 bridgehead atoms. The third kappa shape index (κ3) is 4.80. The summed E-state index contributed by atoms with van der Waals surface area (Å²) in [5, 5.41) is 2.80. The fourth-order valence-electron chi connectivity index (χ4n) is 3.41. The van der Waals surface area contributed by atoms with Gasteiger partial charge in [0, 0.05) is 30.2 Å². The Morgan fingerprint density at radius 3 is 2.27 bits per heavy atom. The number of nitrogens with one attached hydrogen (secondary N) is 2. The summed E-state index contributed by atoms with van der Waals surface area (Å²) in [6.07, 6.45) is 0. The van der Waals surface area contributed by atoms with Crippen molar-refractivity contribution in [1.29, 1.82) is 0 Å². The molecule has 158 valence electrons. The number of aryl methyl sites for hydroxylation is 3. The van der Waals surface area contributed by atoms with Crippen LogP contribution in [-0.4, -0.2) is 32.0 Å². The Bertz CT molecular complexity index is 1160. The molecule has 2 aromatic carbocycles. The van der Waals surface area contributed by atoms with E-state index in [1.807, 2.05) is 56.5 Å². The zero-order valence-electron chi connectivity index (χ0n) is 17.7. The van der Waals surface area contributed by atoms with E-state index in [1.165, 1.54) is 0 Å². The standard InChI is InChI=1S/C23H27N3O3S/c1-16-8-10-21(11-9-16)30(28,29)25-13-12-24-23(27)22-15-18(3)26(19(22)4)20-7-5-6-17(2)14-20/h5-11,14-15,25H,12-13H2,1-4H3,(H,24,27). The van der Waals surface area contributed by atoms with Gasteiger partial charge in [0.15, 0.2) is 0 Å². The number of sulfonamides is 1. The number of hydrogen-bond donors (Lipinski definition) is 2. The maximum absolute atomic E-state index is 12.7. The van der Waals surface area contributed by atoms with Crippen molar-refractivity contribution in [1.82, 2.24) is 14.6 Å². The number of carbonyl (C=O) groups excluding carboxylic acids is 1. The first-order chi connectivity index (χ1) is 14.2. The summed E-state index contributed by atoms with van der Waals surface area (Å²) in [5.74, 6) is -0.225. The molecule has 0 aliphatic rings. The predicted octanol–water partition coefficient (Wildman–Crippen LogP) is 3.42. The van der Waals surface area contributed by atoms with Crippen molar-refractivity contribution in [2.75, 3.05) is 13.1 Å². The Morgan fingerprint density at radius 1 is 0.900 bits per heavy atom. The van der Waals surface area contributed by atoms with Gasteiger partial charge in [-0.3, -0.25) is 4.79 Å². The van der Waals surface area contributed by atoms with Crippen LogP contribution in [0.4, 0.5) is 0 Å². The van der Waals surface area contributed by atoms with Crippen molar-refractivity contribution >= 4 is 15.9 Å². The van der Waals surface area contributed by atoms with Crippen molar-refractivity contribution in [3.05, 3.63) is 82.7 Å². The van der Waals surface area contributed by atoms with Crippen molar-refractivity contribution < 1.29 is 13.2 Å². The van der Waals surface area contributed by atoms with Gasteiger partial charge >= 0.3 is 0 Å². The molecule has 1 aromatic heterocycles. The molecule has 0 aliphatic carbocycles. The van der Waals surface area contributed by atoms with Gasteiger partial charge < -0.3 is 9.88 Å². The first-order valence-corrected chi connectivity index (χ1v) is 11.3. The zero-order chi connectivity index (χ0) is 21.9. The molecule has 30 heavy (non-hydrogen) atoms. The molecule has 0 radical (unpaired) electrons. The average molecular weight is 426 g/mol. The van der Waals surface area contributed by atoms with Gasteiger partial charge in [-0.25, -0.2) is 13.1 Å². The smallest absolute Gasteiger partial charge is 0.253 e. The second-order valence-corrected chi connectivity index (χ2v) is 9.19. The number of carbonyl (C=O) groups is 1. The molecule has 2 N–H and O–H groups in total. The molecule has 0 fully saturated rings. The highest BCUT2D eigenvalue weighted by Gasteiger charge is 2.17. The van der Waals surface area contributed by atoms with Crippen LogP contribution in [0.15, 0.2) is 59.5 Å². The molecule has 0 saturated heterocycles. The van der Waals surface area contributed by atoms with Crippen LogP contribution in [-0.2, 0) is 10.0 Å². The Labute approximate surface area is 178 Å². The zero-order valence-corrected chi connectivity index (χ0v) is 18.5. The molecular weight excluding hydrogens is 398 g/mol. The lowest BCUT2D eigenvalue weighted by atomic mass is 10.2. The summed E-state index contributed by atoms with van der Waals surface area (Å²) < 4.78 is 29.2. The van der Waals surface area contributed by atoms with Gasteiger partial charge in [-0.2, -0.15) is 0 Å². The van der Waals surface area contributed by atoms with Crippen molar-refractivity contribution in [3.63, 3.8) is 0 Å². The molecule has 1 heterocycles. The fraction of sp³-hybridized carbons (Fsp3) is 0.261. The summed E-state index contributed by atoms with van der Waals surface area (Å²) in [6.45, 7) is 8.10. The molecule has 0 saturated carbocycles. The van der Waals surface area contributed by atoms with Crippen LogP contribution >= 0.6 is 0 Å². The summed E-state index contributed by atoms with van der Waals surface area (Å²) in [5.41, 5.74) is 5.53. The minimum atomic E-state index is -3.60. The van der Waals surface area contributed by atoms with Gasteiger partial charge in [0.1, 0.15) is 0 Å². The maximum Gasteiger partial charge on any atom is 0.253 e. The van der Waals surface area contributed by atoms with Crippen molar-refractivity contribution in [2.45, 2.75) is 32.6 Å². The topological polar surface area (TPSA) is 80.2 Å². The summed E-state index contributed by atoms with van der Waals surface area (Å²) in [7, 11) is -3.60. The van der Waals surface area contributed by atoms with E-state index in [4.69, 9.17) is 0 Å². The van der Waals surface area contributed by atoms with Crippen molar-refractivity contribution in [3.8, 4) is 5.69 Å². The summed E-state index contributed by atoms with van der Waals surface area (Å²) in [4.78, 5) is 12.9. The normalized spacial score (nSPS) is 11.5. The average Bonchev–Trinajstić information content (AvgIpc) is 2.99. The number of amides is 1. The van der Waals surface area contributed by atoms with E-state index in [0.29, 0.717) is 5.56 Å². The molecular formula is C23H27N3O3S. The molecule has 0 unspecified atom stereocenters. The highest BCUT2D eigenvalue weighted by Crippen LogP contribution is 2.21. The fourth-order valence-corrected chi connectivity index (χ4v) is 4.45. The first-order valence-electron chi connectivity index (χ1n) is 9.79. The van der Waals surface area contributed by atoms with E-state index < -0.39 is 10.0 Å². The molecule has 0 aliphatic heterocycles. The monoisotopic (exact) mass is 425 g/mol. The van der Waals surface area contributed by atoms with Gasteiger partial charge in [0.2, 0.25) is 10.0 Å². The number of rotatable bonds is 7. The minimum Gasteiger partial charge on any atom is -0.351 e. The quantitative estimate of drug-likeness (QED) is 0.569. The van der Waals surface area contributed by atoms with Crippen LogP contribution < -0.4 is 10.0 Å². The molecule has 1 amide bonds. The predicted molar refractivity (Wildman–Crippen MR) is 119 cm³/mol. The van der Waals surface area contributed by atoms with Crippen LogP contribution in [0, 0.1) is 27.7 Å².